The van der Waals surface area contributed by atoms with Gasteiger partial charge in [-0.15, -0.1) is 0 Å². The lowest BCUT2D eigenvalue weighted by molar-refractivity contribution is -0.141. The molecule has 0 radical (unpaired) electrons. The van der Waals surface area contributed by atoms with Crippen LogP contribution in [0.3, 0.4) is 0 Å². The summed E-state index contributed by atoms with van der Waals surface area (Å²) in [6, 6.07) is 1.65. The first-order chi connectivity index (χ1) is 8.36. The van der Waals surface area contributed by atoms with Gasteiger partial charge in [-0.05, 0) is 28.1 Å². The molecule has 0 bridgehead atoms. The maximum Gasteiger partial charge on any atom is 0.335 e. The second kappa shape index (κ2) is 5.83. The van der Waals surface area contributed by atoms with Crippen LogP contribution in [0.25, 0.3) is 0 Å². The molecule has 98 valence electrons. The van der Waals surface area contributed by atoms with E-state index in [4.69, 9.17) is 10.8 Å². The Balaban J connectivity index is 3.14. The Morgan fingerprint density at radius 2 is 2.11 bits per heavy atom. The molecule has 0 saturated heterocycles. The fraction of sp³-hybridized carbons (Fsp3) is 0.273. The van der Waals surface area contributed by atoms with Gasteiger partial charge < -0.3 is 20.7 Å². The quantitative estimate of drug-likeness (QED) is 0.724. The fourth-order valence-corrected chi connectivity index (χ4v) is 1.87. The molecule has 1 aromatic rings. The van der Waals surface area contributed by atoms with Crippen LogP contribution in [0.2, 0.25) is 0 Å². The zero-order valence-electron chi connectivity index (χ0n) is 9.51. The van der Waals surface area contributed by atoms with Crippen LogP contribution in [0.5, 0.6) is 5.75 Å². The number of nitrogens with two attached hydrogens (primary N) is 1. The van der Waals surface area contributed by atoms with E-state index in [2.05, 4.69) is 20.7 Å². The number of carboxylic acid groups (broad SMARTS) is 1. The molecule has 0 aliphatic heterocycles. The van der Waals surface area contributed by atoms with Crippen molar-refractivity contribution in [2.24, 2.45) is 5.73 Å². The minimum absolute atomic E-state index is 0.0324. The molecule has 0 unspecified atom stereocenters. The molecule has 1 aromatic carbocycles. The Kier molecular flexibility index (Phi) is 4.69. The molecule has 1 atom stereocenters. The molecular weight excluding hydrogens is 306 g/mol. The fourth-order valence-electron chi connectivity index (χ4n) is 1.40. The zero-order valence-corrected chi connectivity index (χ0v) is 11.1. The van der Waals surface area contributed by atoms with E-state index in [1.54, 1.807) is 0 Å². The van der Waals surface area contributed by atoms with Gasteiger partial charge in [-0.25, -0.2) is 4.79 Å². The number of hydrogen-bond donors (Lipinski definition) is 3. The summed E-state index contributed by atoms with van der Waals surface area (Å²) in [4.78, 5) is 22.0. The maximum atomic E-state index is 11.1. The summed E-state index contributed by atoms with van der Waals surface area (Å²) >= 11 is 3.03. The van der Waals surface area contributed by atoms with Gasteiger partial charge in [0.1, 0.15) is 5.75 Å². The molecule has 0 amide bonds. The second-order valence-corrected chi connectivity index (χ2v) is 4.44. The first-order valence-corrected chi connectivity index (χ1v) is 5.74. The van der Waals surface area contributed by atoms with Crippen molar-refractivity contribution in [2.45, 2.75) is 12.5 Å². The van der Waals surface area contributed by atoms with Crippen LogP contribution in [0.4, 0.5) is 0 Å². The molecule has 7 heteroatoms. The van der Waals surface area contributed by atoms with Crippen molar-refractivity contribution in [3.63, 3.8) is 0 Å². The van der Waals surface area contributed by atoms with E-state index in [0.717, 1.165) is 0 Å². The van der Waals surface area contributed by atoms with Crippen molar-refractivity contribution in [3.8, 4) is 5.75 Å². The number of methoxy groups -OCH3 is 1. The monoisotopic (exact) mass is 317 g/mol. The number of aromatic carboxylic acids is 1. The van der Waals surface area contributed by atoms with Gasteiger partial charge in [0.15, 0.2) is 0 Å². The van der Waals surface area contributed by atoms with Crippen LogP contribution >= 0.6 is 15.9 Å². The van der Waals surface area contributed by atoms with E-state index in [0.29, 0.717) is 0 Å². The van der Waals surface area contributed by atoms with Crippen molar-refractivity contribution < 1.29 is 24.5 Å². The van der Waals surface area contributed by atoms with Gasteiger partial charge >= 0.3 is 11.9 Å². The van der Waals surface area contributed by atoms with Gasteiger partial charge in [-0.3, -0.25) is 4.79 Å². The lowest BCUT2D eigenvalue weighted by atomic mass is 10.0. The molecule has 0 heterocycles. The lowest BCUT2D eigenvalue weighted by Gasteiger charge is -2.14. The van der Waals surface area contributed by atoms with Crippen LogP contribution in [-0.4, -0.2) is 29.3 Å². The number of hydrogen-bond acceptors (Lipinski definition) is 5. The van der Waals surface area contributed by atoms with Gasteiger partial charge in [0.05, 0.1) is 23.6 Å². The standard InChI is InChI=1S/C11H12BrNO5/c1-18-9(14)4-8(13)6-2-5(11(16)17)3-7(12)10(6)15/h2-3,8,15H,4,13H2,1H3,(H,16,17)/t8-/m1/s1. The number of carboxylic acids is 1. The third-order valence-electron chi connectivity index (χ3n) is 2.35. The molecule has 0 aliphatic carbocycles. The highest BCUT2D eigenvalue weighted by atomic mass is 79.9. The Bertz CT molecular complexity index is 489. The van der Waals surface area contributed by atoms with Crippen molar-refractivity contribution in [1.29, 1.82) is 0 Å². The van der Waals surface area contributed by atoms with E-state index in [1.807, 2.05) is 0 Å². The maximum absolute atomic E-state index is 11.1. The van der Waals surface area contributed by atoms with Crippen molar-refractivity contribution in [2.75, 3.05) is 7.11 Å². The first-order valence-electron chi connectivity index (χ1n) is 4.95. The summed E-state index contributed by atoms with van der Waals surface area (Å²) in [6.07, 6.45) is -0.153. The summed E-state index contributed by atoms with van der Waals surface area (Å²) in [7, 11) is 1.22. The highest BCUT2D eigenvalue weighted by Crippen LogP contribution is 2.33. The summed E-state index contributed by atoms with van der Waals surface area (Å²) in [6.45, 7) is 0. The Morgan fingerprint density at radius 3 is 2.61 bits per heavy atom. The highest BCUT2D eigenvalue weighted by molar-refractivity contribution is 9.10. The lowest BCUT2D eigenvalue weighted by Crippen LogP contribution is -2.17. The number of phenols is 1. The number of phenolic OH excluding ortho intramolecular Hbond substituents is 1. The van der Waals surface area contributed by atoms with Crippen LogP contribution in [0, 0.1) is 0 Å². The number of ether oxygens (including phenoxy) is 1. The number of carbonyl (C=O) groups excluding carboxylic acids is 1. The van der Waals surface area contributed by atoms with Gasteiger partial charge in [-0.2, -0.15) is 0 Å². The van der Waals surface area contributed by atoms with Crippen LogP contribution < -0.4 is 5.73 Å². The molecule has 6 nitrogen and oxygen atoms in total. The number of aromatic hydroxyl groups is 1. The minimum atomic E-state index is -1.15. The summed E-state index contributed by atoms with van der Waals surface area (Å²) in [5, 5.41) is 18.7. The van der Waals surface area contributed by atoms with Crippen LogP contribution in [-0.2, 0) is 9.53 Å². The topological polar surface area (TPSA) is 110 Å². The van der Waals surface area contributed by atoms with E-state index < -0.39 is 18.0 Å². The molecule has 0 fully saturated rings. The first kappa shape index (κ1) is 14.5. The van der Waals surface area contributed by atoms with Gasteiger partial charge in [0, 0.05) is 11.6 Å². The minimum Gasteiger partial charge on any atom is -0.506 e. The summed E-state index contributed by atoms with van der Waals surface area (Å²) < 4.78 is 4.67. The molecule has 18 heavy (non-hydrogen) atoms. The van der Waals surface area contributed by atoms with E-state index in [1.165, 1.54) is 19.2 Å². The zero-order chi connectivity index (χ0) is 13.9. The average Bonchev–Trinajstić information content (AvgIpc) is 2.31. The number of carbonyl (C=O) groups is 2. The van der Waals surface area contributed by atoms with Crippen LogP contribution in [0.15, 0.2) is 16.6 Å². The molecule has 1 rings (SSSR count). The van der Waals surface area contributed by atoms with E-state index in [-0.39, 0.29) is 27.8 Å². The molecule has 0 saturated carbocycles. The Labute approximate surface area is 111 Å². The predicted octanol–water partition coefficient (Wildman–Crippen LogP) is 1.42. The number of halogens is 1. The van der Waals surface area contributed by atoms with Gasteiger partial charge in [0.25, 0.3) is 0 Å². The average molecular weight is 318 g/mol. The van der Waals surface area contributed by atoms with Crippen molar-refractivity contribution in [3.05, 3.63) is 27.7 Å². The largest absolute Gasteiger partial charge is 0.506 e. The van der Waals surface area contributed by atoms with Gasteiger partial charge in [0.2, 0.25) is 0 Å². The smallest absolute Gasteiger partial charge is 0.335 e. The van der Waals surface area contributed by atoms with E-state index >= 15 is 0 Å². The summed E-state index contributed by atoms with van der Waals surface area (Å²) in [5.74, 6) is -1.88. The second-order valence-electron chi connectivity index (χ2n) is 3.59. The van der Waals surface area contributed by atoms with Crippen molar-refractivity contribution in [1.82, 2.24) is 0 Å². The summed E-state index contributed by atoms with van der Waals surface area (Å²) in [5.41, 5.74) is 5.88. The predicted molar refractivity (Wildman–Crippen MR) is 66.3 cm³/mol. The highest BCUT2D eigenvalue weighted by Gasteiger charge is 2.19. The molecule has 0 spiro atoms. The molecular formula is C11H12BrNO5. The van der Waals surface area contributed by atoms with Gasteiger partial charge in [-0.1, -0.05) is 0 Å². The number of rotatable bonds is 4. The molecule has 0 aliphatic rings. The van der Waals surface area contributed by atoms with Crippen LogP contribution in [0.1, 0.15) is 28.4 Å². The Hall–Kier alpha value is -1.60. The van der Waals surface area contributed by atoms with E-state index in [9.17, 15) is 14.7 Å². The molecule has 0 aromatic heterocycles. The number of esters is 1. The normalized spacial score (nSPS) is 11.9. The van der Waals surface area contributed by atoms with Crippen molar-refractivity contribution >= 4 is 27.9 Å². The number of benzene rings is 1. The third kappa shape index (κ3) is 3.21. The SMILES string of the molecule is COC(=O)C[C@@H](N)c1cc(C(=O)O)cc(Br)c1O. The molecule has 4 N–H and O–H groups in total. The third-order valence-corrected chi connectivity index (χ3v) is 2.96. The Morgan fingerprint density at radius 1 is 1.50 bits per heavy atom.